The Morgan fingerprint density at radius 2 is 1.81 bits per heavy atom. The second-order valence-corrected chi connectivity index (χ2v) is 11.3. The molecule has 1 aliphatic heterocycles. The molecule has 2 bridgehead atoms. The summed E-state index contributed by atoms with van der Waals surface area (Å²) in [4.78, 5) is 37.6. The lowest BCUT2D eigenvalue weighted by Crippen LogP contribution is -2.50. The standard InChI is InChI=1S/C34H40N6O3/c1-25(2)21-31-34(42)37-16-19-40-18-15-36-33(40)28-7-5-8-29(22-28)43-20-6-17-39(24-32(41)38-31)23-26-10-12-27(13-11-26)30-9-3-4-14-35-30/h3-5,7-15,18,22,25,31H,6,16-17,19-21,23-24H2,1-2H3,(H,37,42)(H,38,41)/t31-/m1/s1. The van der Waals surface area contributed by atoms with E-state index in [1.807, 2.05) is 53.2 Å². The molecule has 43 heavy (non-hydrogen) atoms. The van der Waals surface area contributed by atoms with E-state index in [4.69, 9.17) is 4.74 Å². The molecule has 9 heteroatoms. The number of ether oxygens (including phenoxy) is 1. The largest absolute Gasteiger partial charge is 0.494 e. The fourth-order valence-electron chi connectivity index (χ4n) is 5.31. The first-order chi connectivity index (χ1) is 20.9. The highest BCUT2D eigenvalue weighted by molar-refractivity contribution is 5.88. The number of nitrogens with one attached hydrogen (secondary N) is 2. The van der Waals surface area contributed by atoms with E-state index in [-0.39, 0.29) is 24.3 Å². The van der Waals surface area contributed by atoms with E-state index in [0.717, 1.165) is 40.4 Å². The van der Waals surface area contributed by atoms with Crippen molar-refractivity contribution in [2.75, 3.05) is 26.2 Å². The summed E-state index contributed by atoms with van der Waals surface area (Å²) in [6, 6.07) is 21.5. The highest BCUT2D eigenvalue weighted by Crippen LogP contribution is 2.23. The van der Waals surface area contributed by atoms with Gasteiger partial charge in [0.1, 0.15) is 17.6 Å². The number of carbonyl (C=O) groups is 2. The summed E-state index contributed by atoms with van der Waals surface area (Å²) in [6.07, 6.45) is 6.74. The highest BCUT2D eigenvalue weighted by atomic mass is 16.5. The van der Waals surface area contributed by atoms with Crippen LogP contribution in [0.1, 0.15) is 32.3 Å². The van der Waals surface area contributed by atoms with Gasteiger partial charge in [0, 0.05) is 55.9 Å². The van der Waals surface area contributed by atoms with Gasteiger partial charge in [0.15, 0.2) is 0 Å². The fourth-order valence-corrected chi connectivity index (χ4v) is 5.31. The van der Waals surface area contributed by atoms with Crippen LogP contribution in [0.5, 0.6) is 5.75 Å². The molecular formula is C34H40N6O3. The number of aromatic nitrogens is 3. The van der Waals surface area contributed by atoms with Gasteiger partial charge in [-0.1, -0.05) is 56.3 Å². The summed E-state index contributed by atoms with van der Waals surface area (Å²) < 4.78 is 8.13. The molecule has 0 radical (unpaired) electrons. The van der Waals surface area contributed by atoms with E-state index in [2.05, 4.69) is 63.6 Å². The van der Waals surface area contributed by atoms with Crippen LogP contribution in [0.2, 0.25) is 0 Å². The van der Waals surface area contributed by atoms with E-state index < -0.39 is 6.04 Å². The molecule has 0 fully saturated rings. The fraction of sp³-hybridized carbons (Fsp3) is 0.353. The van der Waals surface area contributed by atoms with Crippen LogP contribution in [-0.4, -0.2) is 63.5 Å². The second-order valence-electron chi connectivity index (χ2n) is 11.3. The van der Waals surface area contributed by atoms with Crippen LogP contribution in [0.3, 0.4) is 0 Å². The third kappa shape index (κ3) is 8.51. The summed E-state index contributed by atoms with van der Waals surface area (Å²) in [5.74, 6) is 1.49. The minimum atomic E-state index is -0.604. The van der Waals surface area contributed by atoms with E-state index in [9.17, 15) is 9.59 Å². The van der Waals surface area contributed by atoms with Crippen molar-refractivity contribution >= 4 is 11.8 Å². The second kappa shape index (κ2) is 14.6. The summed E-state index contributed by atoms with van der Waals surface area (Å²) in [5.41, 5.74) is 4.01. The molecule has 224 valence electrons. The van der Waals surface area contributed by atoms with Crippen LogP contribution in [-0.2, 0) is 22.7 Å². The lowest BCUT2D eigenvalue weighted by Gasteiger charge is -2.25. The average Bonchev–Trinajstić information content (AvgIpc) is 3.48. The number of hydrogen-bond acceptors (Lipinski definition) is 6. The van der Waals surface area contributed by atoms with Crippen LogP contribution in [0, 0.1) is 5.92 Å². The average molecular weight is 581 g/mol. The normalized spacial score (nSPS) is 17.2. The maximum absolute atomic E-state index is 13.3. The van der Waals surface area contributed by atoms with Gasteiger partial charge < -0.3 is 19.9 Å². The van der Waals surface area contributed by atoms with Gasteiger partial charge in [-0.25, -0.2) is 4.98 Å². The van der Waals surface area contributed by atoms with Crippen LogP contribution >= 0.6 is 0 Å². The minimum absolute atomic E-state index is 0.169. The van der Waals surface area contributed by atoms with Gasteiger partial charge >= 0.3 is 0 Å². The number of benzene rings is 2. The van der Waals surface area contributed by atoms with Crippen molar-refractivity contribution in [3.05, 3.63) is 90.9 Å². The Labute approximate surface area is 253 Å². The van der Waals surface area contributed by atoms with Gasteiger partial charge in [0.05, 0.1) is 18.8 Å². The SMILES string of the molecule is CC(C)C[C@H]1NC(=O)CN(Cc2ccc(-c3ccccn3)cc2)CCCOc2cccc(c2)-c2nccn2CCNC1=O. The van der Waals surface area contributed by atoms with Gasteiger partial charge in [-0.15, -0.1) is 0 Å². The maximum Gasteiger partial charge on any atom is 0.242 e. The van der Waals surface area contributed by atoms with Crippen molar-refractivity contribution < 1.29 is 14.3 Å². The summed E-state index contributed by atoms with van der Waals surface area (Å²) in [6.45, 7) is 7.01. The molecule has 1 aliphatic rings. The van der Waals surface area contributed by atoms with Gasteiger partial charge in [0.2, 0.25) is 11.8 Å². The van der Waals surface area contributed by atoms with E-state index in [0.29, 0.717) is 39.2 Å². The third-order valence-electron chi connectivity index (χ3n) is 7.39. The third-order valence-corrected chi connectivity index (χ3v) is 7.39. The molecule has 2 amide bonds. The molecule has 2 N–H and O–H groups in total. The number of imidazole rings is 1. The molecule has 3 heterocycles. The zero-order chi connectivity index (χ0) is 30.0. The minimum Gasteiger partial charge on any atom is -0.494 e. The van der Waals surface area contributed by atoms with Crippen molar-refractivity contribution in [3.63, 3.8) is 0 Å². The molecule has 2 aromatic heterocycles. The molecule has 9 nitrogen and oxygen atoms in total. The molecule has 0 aliphatic carbocycles. The topological polar surface area (TPSA) is 101 Å². The molecular weight excluding hydrogens is 540 g/mol. The van der Waals surface area contributed by atoms with Gasteiger partial charge in [-0.3, -0.25) is 19.5 Å². The Morgan fingerprint density at radius 3 is 2.60 bits per heavy atom. The molecule has 0 saturated heterocycles. The molecule has 0 unspecified atom stereocenters. The molecule has 0 spiro atoms. The molecule has 4 aromatic rings. The van der Waals surface area contributed by atoms with Crippen LogP contribution in [0.25, 0.3) is 22.6 Å². The number of rotatable bonds is 5. The van der Waals surface area contributed by atoms with Gasteiger partial charge in [-0.2, -0.15) is 0 Å². The number of nitrogens with zero attached hydrogens (tertiary/aromatic N) is 4. The number of pyridine rings is 1. The van der Waals surface area contributed by atoms with Crippen molar-refractivity contribution in [1.82, 2.24) is 30.1 Å². The van der Waals surface area contributed by atoms with Crippen molar-refractivity contribution in [2.45, 2.75) is 45.8 Å². The number of carbonyl (C=O) groups excluding carboxylic acids is 2. The molecule has 1 atom stereocenters. The van der Waals surface area contributed by atoms with Crippen LogP contribution in [0.4, 0.5) is 0 Å². The Kier molecular flexibility index (Phi) is 10.2. The Hall–Kier alpha value is -4.50. The van der Waals surface area contributed by atoms with Crippen LogP contribution < -0.4 is 15.4 Å². The van der Waals surface area contributed by atoms with E-state index >= 15 is 0 Å². The number of fused-ring (bicyclic) bond motifs is 4. The smallest absolute Gasteiger partial charge is 0.242 e. The highest BCUT2D eigenvalue weighted by Gasteiger charge is 2.23. The number of hydrogen-bond donors (Lipinski definition) is 2. The first-order valence-electron chi connectivity index (χ1n) is 15.0. The summed E-state index contributed by atoms with van der Waals surface area (Å²) in [5, 5.41) is 6.04. The van der Waals surface area contributed by atoms with Gasteiger partial charge in [-0.05, 0) is 48.6 Å². The zero-order valence-electron chi connectivity index (χ0n) is 24.9. The van der Waals surface area contributed by atoms with Crippen LogP contribution in [0.15, 0.2) is 85.3 Å². The summed E-state index contributed by atoms with van der Waals surface area (Å²) in [7, 11) is 0. The zero-order valence-corrected chi connectivity index (χ0v) is 24.9. The predicted molar refractivity (Wildman–Crippen MR) is 167 cm³/mol. The maximum atomic E-state index is 13.3. The molecule has 5 rings (SSSR count). The Balaban J connectivity index is 1.34. The first-order valence-corrected chi connectivity index (χ1v) is 15.0. The summed E-state index contributed by atoms with van der Waals surface area (Å²) >= 11 is 0. The van der Waals surface area contributed by atoms with E-state index in [1.54, 1.807) is 12.4 Å². The lowest BCUT2D eigenvalue weighted by molar-refractivity contribution is -0.130. The Morgan fingerprint density at radius 1 is 0.953 bits per heavy atom. The van der Waals surface area contributed by atoms with Crippen molar-refractivity contribution in [2.24, 2.45) is 5.92 Å². The lowest BCUT2D eigenvalue weighted by atomic mass is 10.0. The molecule has 2 aromatic carbocycles. The van der Waals surface area contributed by atoms with E-state index in [1.165, 1.54) is 0 Å². The number of amides is 2. The monoisotopic (exact) mass is 580 g/mol. The first kappa shape index (κ1) is 30.0. The van der Waals surface area contributed by atoms with Crippen molar-refractivity contribution in [3.8, 4) is 28.4 Å². The predicted octanol–water partition coefficient (Wildman–Crippen LogP) is 4.54. The molecule has 0 saturated carbocycles. The quantitative estimate of drug-likeness (QED) is 0.359. The van der Waals surface area contributed by atoms with Crippen molar-refractivity contribution in [1.29, 1.82) is 0 Å². The Bertz CT molecular complexity index is 1490. The van der Waals surface area contributed by atoms with Gasteiger partial charge in [0.25, 0.3) is 0 Å².